The topological polar surface area (TPSA) is 51.6 Å². The Morgan fingerprint density at radius 3 is 0.962 bits per heavy atom. The molecule has 12 aromatic rings. The third-order valence-electron chi connectivity index (χ3n) is 17.0. The Labute approximate surface area is 458 Å². The minimum absolute atomic E-state index is 0.530. The van der Waals surface area contributed by atoms with Crippen molar-refractivity contribution < 1.29 is 0 Å². The average Bonchev–Trinajstić information content (AvgIpc) is 3.89. The van der Waals surface area contributed by atoms with E-state index in [-0.39, 0.29) is 0 Å². The molecule has 6 heteroatoms. The Balaban J connectivity index is 1.17. The summed E-state index contributed by atoms with van der Waals surface area (Å²) in [5.74, 6) is 0. The van der Waals surface area contributed by atoms with Gasteiger partial charge in [-0.2, -0.15) is 0 Å². The SMILES string of the molecule is C[Si]1=C(c2cccc3ncccc23)C(c2ccccc2)=C(c2ccccc2)C1(CCC1(c2cccc3ncccc23)C(c2ccccc2)=C(c2ccccc2)C(c2cccc3ncccc23)=[Si]1C)c1cccc2ncccc12. The Hall–Kier alpha value is -8.95. The first-order valence-electron chi connectivity index (χ1n) is 27.1. The zero-order chi connectivity index (χ0) is 52.2. The lowest BCUT2D eigenvalue weighted by Gasteiger charge is -2.43. The average molecular weight is 1030 g/mol. The summed E-state index contributed by atoms with van der Waals surface area (Å²) in [6.07, 6.45) is 9.42. The summed E-state index contributed by atoms with van der Waals surface area (Å²) in [7, 11) is -3.43. The molecule has 0 radical (unpaired) electrons. The van der Waals surface area contributed by atoms with E-state index in [1.165, 1.54) is 98.7 Å². The standard InChI is InChI=1S/C72H54N4Si2/c1-77-69(55-31-15-39-61-53(55)33-19-45-73-61)65(49-23-7-3-8-24-49)67(51-27-11-5-12-28-51)71(77,59-37-17-41-63-57(59)35-21-47-75-63)43-44-72(60-38-18-42-64-58(60)36-22-48-76-64)68(52-29-13-6-14-30-52)66(50-25-9-4-10-26-50)70(78(72)2)56-32-16-40-62-54(56)34-20-46-74-62/h3-42,45-48H,43-44H2,1-2H3. The van der Waals surface area contributed by atoms with Crippen molar-refractivity contribution in [2.24, 2.45) is 0 Å². The summed E-state index contributed by atoms with van der Waals surface area (Å²) in [5, 5.41) is 6.55. The van der Waals surface area contributed by atoms with E-state index in [4.69, 9.17) is 19.9 Å². The third kappa shape index (κ3) is 7.46. The molecule has 370 valence electrons. The highest BCUT2D eigenvalue weighted by Gasteiger charge is 2.54. The van der Waals surface area contributed by atoms with Gasteiger partial charge in [0.1, 0.15) is 0 Å². The van der Waals surface area contributed by atoms with Gasteiger partial charge < -0.3 is 0 Å². The summed E-state index contributed by atoms with van der Waals surface area (Å²) in [6, 6.07) is 90.4. The Morgan fingerprint density at radius 1 is 0.295 bits per heavy atom. The monoisotopic (exact) mass is 1030 g/mol. The van der Waals surface area contributed by atoms with Crippen LogP contribution in [0.15, 0.2) is 267 Å². The van der Waals surface area contributed by atoms with Crippen LogP contribution < -0.4 is 0 Å². The maximum absolute atomic E-state index is 5.13. The summed E-state index contributed by atoms with van der Waals surface area (Å²) in [5.41, 5.74) is 19.6. The van der Waals surface area contributed by atoms with E-state index in [9.17, 15) is 0 Å². The fourth-order valence-electron chi connectivity index (χ4n) is 13.8. The molecular weight excluding hydrogens is 977 g/mol. The fraction of sp³-hybridized carbons (Fsp3) is 0.0833. The lowest BCUT2D eigenvalue weighted by atomic mass is 9.71. The molecule has 2 aliphatic heterocycles. The number of fused-ring (bicyclic) bond motifs is 4. The molecule has 78 heavy (non-hydrogen) atoms. The number of hydrogen-bond donors (Lipinski definition) is 0. The van der Waals surface area contributed by atoms with Crippen molar-refractivity contribution in [3.05, 3.63) is 312 Å². The Morgan fingerprint density at radius 2 is 0.603 bits per heavy atom. The van der Waals surface area contributed by atoms with E-state index in [2.05, 4.69) is 256 Å². The highest BCUT2D eigenvalue weighted by atomic mass is 28.2. The van der Waals surface area contributed by atoms with Gasteiger partial charge in [-0.05, 0) is 139 Å². The van der Waals surface area contributed by atoms with Gasteiger partial charge in [-0.3, -0.25) is 19.9 Å². The minimum atomic E-state index is -1.71. The van der Waals surface area contributed by atoms with Crippen molar-refractivity contribution >= 4 is 93.1 Å². The van der Waals surface area contributed by atoms with Gasteiger partial charge in [-0.15, -0.1) is 0 Å². The van der Waals surface area contributed by atoms with E-state index in [0.29, 0.717) is 0 Å². The Kier molecular flexibility index (Phi) is 11.9. The van der Waals surface area contributed by atoms with Crippen molar-refractivity contribution in [2.45, 2.75) is 36.0 Å². The van der Waals surface area contributed by atoms with Gasteiger partial charge in [-0.1, -0.05) is 207 Å². The summed E-state index contributed by atoms with van der Waals surface area (Å²) in [6.45, 7) is 5.27. The van der Waals surface area contributed by atoms with Crippen LogP contribution in [-0.2, 0) is 10.1 Å². The van der Waals surface area contributed by atoms with Gasteiger partial charge in [0.15, 0.2) is 0 Å². The first-order valence-corrected chi connectivity index (χ1v) is 31.1. The molecule has 0 saturated heterocycles. The number of benzene rings is 8. The number of hydrogen-bond acceptors (Lipinski definition) is 4. The number of aromatic nitrogens is 4. The molecular formula is C72H54N4Si2. The number of allylic oxidation sites excluding steroid dienone is 4. The molecule has 0 bridgehead atoms. The number of pyridine rings is 4. The fourth-order valence-corrected chi connectivity index (χ4v) is 20.8. The normalized spacial score (nSPS) is 17.6. The van der Waals surface area contributed by atoms with Crippen molar-refractivity contribution in [1.29, 1.82) is 0 Å². The molecule has 0 aliphatic carbocycles. The van der Waals surface area contributed by atoms with Gasteiger partial charge >= 0.3 is 0 Å². The van der Waals surface area contributed by atoms with Crippen LogP contribution in [0.4, 0.5) is 0 Å². The van der Waals surface area contributed by atoms with E-state index >= 15 is 0 Å². The molecule has 2 aliphatic rings. The van der Waals surface area contributed by atoms with Crippen LogP contribution >= 0.6 is 0 Å². The highest BCUT2D eigenvalue weighted by molar-refractivity contribution is 6.89. The lowest BCUT2D eigenvalue weighted by Crippen LogP contribution is -2.43. The third-order valence-corrected chi connectivity index (χ3v) is 23.7. The molecule has 0 N–H and O–H groups in total. The van der Waals surface area contributed by atoms with Crippen molar-refractivity contribution in [3.8, 4) is 0 Å². The maximum atomic E-state index is 5.13. The van der Waals surface area contributed by atoms with Crippen LogP contribution in [-0.4, -0.2) is 47.1 Å². The van der Waals surface area contributed by atoms with Crippen molar-refractivity contribution in [1.82, 2.24) is 19.9 Å². The van der Waals surface area contributed by atoms with E-state index in [1.807, 2.05) is 24.8 Å². The van der Waals surface area contributed by atoms with Crippen molar-refractivity contribution in [3.63, 3.8) is 0 Å². The molecule has 14 rings (SSSR count). The van der Waals surface area contributed by atoms with Gasteiger partial charge in [0.2, 0.25) is 0 Å². The molecule has 0 saturated carbocycles. The lowest BCUT2D eigenvalue weighted by molar-refractivity contribution is 0.571. The first kappa shape index (κ1) is 47.5. The van der Waals surface area contributed by atoms with Crippen LogP contribution in [0.25, 0.3) is 65.9 Å². The van der Waals surface area contributed by atoms with Gasteiger partial charge in [-0.25, -0.2) is 0 Å². The summed E-state index contributed by atoms with van der Waals surface area (Å²) < 4.78 is 0. The van der Waals surface area contributed by atoms with Gasteiger partial charge in [0.05, 0.1) is 22.1 Å². The first-order chi connectivity index (χ1) is 38.6. The largest absolute Gasteiger partial charge is 0.256 e. The summed E-state index contributed by atoms with van der Waals surface area (Å²) >= 11 is 0. The number of nitrogens with zero attached hydrogens (tertiary/aromatic N) is 4. The van der Waals surface area contributed by atoms with Gasteiger partial charge in [0, 0.05) is 73.2 Å². The molecule has 2 unspecified atom stereocenters. The second-order valence-corrected chi connectivity index (χ2v) is 26.0. The van der Waals surface area contributed by atoms with Crippen molar-refractivity contribution in [2.75, 3.05) is 0 Å². The van der Waals surface area contributed by atoms with Crippen LogP contribution in [0.3, 0.4) is 0 Å². The van der Waals surface area contributed by atoms with Gasteiger partial charge in [0.25, 0.3) is 0 Å². The van der Waals surface area contributed by atoms with Crippen LogP contribution in [0, 0.1) is 0 Å². The van der Waals surface area contributed by atoms with Crippen LogP contribution in [0.5, 0.6) is 0 Å². The zero-order valence-electron chi connectivity index (χ0n) is 43.6. The zero-order valence-corrected chi connectivity index (χ0v) is 45.6. The molecule has 0 amide bonds. The quantitative estimate of drug-likeness (QED) is 0.121. The predicted molar refractivity (Wildman–Crippen MR) is 330 cm³/mol. The molecule has 8 aromatic carbocycles. The molecule has 4 nitrogen and oxygen atoms in total. The molecule has 0 spiro atoms. The Bertz CT molecular complexity index is 4150. The van der Waals surface area contributed by atoms with E-state index < -0.39 is 26.9 Å². The van der Waals surface area contributed by atoms with E-state index in [1.54, 1.807) is 0 Å². The molecule has 0 fully saturated rings. The number of rotatable bonds is 11. The molecule has 6 heterocycles. The smallest absolute Gasteiger partial charge is 0.0708 e. The second kappa shape index (κ2) is 19.6. The highest BCUT2D eigenvalue weighted by Crippen LogP contribution is 2.59. The van der Waals surface area contributed by atoms with Crippen LogP contribution in [0.2, 0.25) is 13.1 Å². The minimum Gasteiger partial charge on any atom is -0.256 e. The van der Waals surface area contributed by atoms with Crippen LogP contribution in [0.1, 0.15) is 57.3 Å². The predicted octanol–water partition coefficient (Wildman–Crippen LogP) is 16.0. The van der Waals surface area contributed by atoms with E-state index in [0.717, 1.165) is 34.9 Å². The second-order valence-electron chi connectivity index (χ2n) is 20.8. The molecule has 2 atom stereocenters. The summed E-state index contributed by atoms with van der Waals surface area (Å²) in [4.78, 5) is 20.3. The molecule has 4 aromatic heterocycles. The maximum Gasteiger partial charge on any atom is 0.0708 e.